The van der Waals surface area contributed by atoms with Crippen LogP contribution < -0.4 is 10.1 Å². The summed E-state index contributed by atoms with van der Waals surface area (Å²) in [6.07, 6.45) is 1.54. The molecule has 0 radical (unpaired) electrons. The van der Waals surface area contributed by atoms with Gasteiger partial charge in [-0.25, -0.2) is 4.79 Å². The van der Waals surface area contributed by atoms with Gasteiger partial charge in [0, 0.05) is 4.88 Å². The normalized spacial score (nSPS) is 11.1. The Bertz CT molecular complexity index is 950. The number of anilines is 1. The molecule has 28 heavy (non-hydrogen) atoms. The Hall–Kier alpha value is -3.11. The lowest BCUT2D eigenvalue weighted by Crippen LogP contribution is -2.15. The Morgan fingerprint density at radius 3 is 2.39 bits per heavy atom. The number of amides is 1. The van der Waals surface area contributed by atoms with E-state index in [1.54, 1.807) is 31.2 Å². The summed E-state index contributed by atoms with van der Waals surface area (Å²) in [5, 5.41) is 12.4. The van der Waals surface area contributed by atoms with Crippen LogP contribution in [0.4, 0.5) is 5.00 Å². The lowest BCUT2D eigenvalue weighted by atomic mass is 10.1. The minimum atomic E-state index is -0.587. The molecule has 1 aromatic carbocycles. The lowest BCUT2D eigenvalue weighted by molar-refractivity contribution is -0.112. The summed E-state index contributed by atoms with van der Waals surface area (Å²) in [6.45, 7) is 7.50. The predicted molar refractivity (Wildman–Crippen MR) is 110 cm³/mol. The van der Waals surface area contributed by atoms with Crippen LogP contribution in [-0.4, -0.2) is 25.1 Å². The number of hydrogen-bond donors (Lipinski definition) is 1. The van der Waals surface area contributed by atoms with Crippen molar-refractivity contribution < 1.29 is 19.1 Å². The molecule has 1 aromatic heterocycles. The minimum absolute atomic E-state index is 0.0588. The van der Waals surface area contributed by atoms with Crippen LogP contribution in [0.5, 0.6) is 5.75 Å². The number of nitriles is 1. The second-order valence-electron chi connectivity index (χ2n) is 6.34. The highest BCUT2D eigenvalue weighted by Crippen LogP contribution is 2.33. The molecule has 2 aromatic rings. The Morgan fingerprint density at radius 2 is 1.86 bits per heavy atom. The second kappa shape index (κ2) is 9.20. The summed E-state index contributed by atoms with van der Waals surface area (Å²) >= 11 is 1.27. The van der Waals surface area contributed by atoms with Crippen LogP contribution in [0.15, 0.2) is 29.8 Å². The van der Waals surface area contributed by atoms with Crippen molar-refractivity contribution in [2.45, 2.75) is 33.8 Å². The summed E-state index contributed by atoms with van der Waals surface area (Å²) in [5.41, 5.74) is 1.67. The zero-order chi connectivity index (χ0) is 20.8. The highest BCUT2D eigenvalue weighted by Gasteiger charge is 2.22. The summed E-state index contributed by atoms with van der Waals surface area (Å²) in [5.74, 6) is -0.404. The molecule has 0 aliphatic rings. The third-order valence-electron chi connectivity index (χ3n) is 3.93. The van der Waals surface area contributed by atoms with Crippen LogP contribution in [-0.2, 0) is 9.53 Å². The first-order chi connectivity index (χ1) is 13.3. The van der Waals surface area contributed by atoms with Gasteiger partial charge in [-0.15, -0.1) is 11.3 Å². The van der Waals surface area contributed by atoms with Crippen molar-refractivity contribution in [2.75, 3.05) is 12.4 Å². The summed E-state index contributed by atoms with van der Waals surface area (Å²) < 4.78 is 10.4. The van der Waals surface area contributed by atoms with Crippen LogP contribution in [0.2, 0.25) is 0 Å². The van der Waals surface area contributed by atoms with Crippen molar-refractivity contribution in [2.24, 2.45) is 0 Å². The topological polar surface area (TPSA) is 88.4 Å². The maximum atomic E-state index is 12.6. The molecule has 0 unspecified atom stereocenters. The van der Waals surface area contributed by atoms with Gasteiger partial charge in [0.15, 0.2) is 0 Å². The number of hydrogen-bond acceptors (Lipinski definition) is 6. The molecule has 1 amide bonds. The maximum absolute atomic E-state index is 12.6. The van der Waals surface area contributed by atoms with E-state index in [4.69, 9.17) is 9.47 Å². The van der Waals surface area contributed by atoms with E-state index in [0.717, 1.165) is 10.4 Å². The largest absolute Gasteiger partial charge is 0.491 e. The number of ether oxygens (including phenoxy) is 2. The van der Waals surface area contributed by atoms with Gasteiger partial charge in [0.2, 0.25) is 0 Å². The molecule has 1 heterocycles. The number of methoxy groups -OCH3 is 1. The Labute approximate surface area is 168 Å². The van der Waals surface area contributed by atoms with E-state index >= 15 is 0 Å². The van der Waals surface area contributed by atoms with Gasteiger partial charge in [-0.05, 0) is 57.0 Å². The SMILES string of the molecule is COC(=O)c1c(NC(=O)/C(C#N)=C/c2ccc(OC(C)C)cc2)sc(C)c1C. The van der Waals surface area contributed by atoms with Crippen LogP contribution in [0.3, 0.4) is 0 Å². The smallest absolute Gasteiger partial charge is 0.341 e. The maximum Gasteiger partial charge on any atom is 0.341 e. The molecular formula is C21H22N2O4S. The first-order valence-electron chi connectivity index (χ1n) is 8.65. The number of thiophene rings is 1. The van der Waals surface area contributed by atoms with E-state index in [2.05, 4.69) is 5.32 Å². The average molecular weight is 398 g/mol. The van der Waals surface area contributed by atoms with Crippen molar-refractivity contribution in [3.8, 4) is 11.8 Å². The molecule has 0 fully saturated rings. The molecule has 0 atom stereocenters. The standard InChI is InChI=1S/C21H22N2O4S/c1-12(2)27-17-8-6-15(7-9-17)10-16(11-22)19(24)23-20-18(21(25)26-5)13(3)14(4)28-20/h6-10,12H,1-5H3,(H,23,24)/b16-10+. The van der Waals surface area contributed by atoms with Crippen LogP contribution in [0, 0.1) is 25.2 Å². The van der Waals surface area contributed by atoms with E-state index in [1.807, 2.05) is 26.8 Å². The Morgan fingerprint density at radius 1 is 1.21 bits per heavy atom. The first kappa shape index (κ1) is 21.2. The van der Waals surface area contributed by atoms with Crippen molar-refractivity contribution >= 4 is 34.3 Å². The van der Waals surface area contributed by atoms with Gasteiger partial charge in [0.1, 0.15) is 22.4 Å². The Balaban J connectivity index is 2.25. The summed E-state index contributed by atoms with van der Waals surface area (Å²) in [6, 6.07) is 8.99. The predicted octanol–water partition coefficient (Wildman–Crippen LogP) is 4.48. The third-order valence-corrected chi connectivity index (χ3v) is 5.05. The third kappa shape index (κ3) is 4.99. The number of rotatable bonds is 6. The first-order valence-corrected chi connectivity index (χ1v) is 9.46. The number of carbonyl (C=O) groups is 2. The molecule has 0 bridgehead atoms. The summed E-state index contributed by atoms with van der Waals surface area (Å²) in [4.78, 5) is 25.5. The number of benzene rings is 1. The van der Waals surface area contributed by atoms with Crippen molar-refractivity contribution in [1.29, 1.82) is 5.26 Å². The molecule has 1 N–H and O–H groups in total. The van der Waals surface area contributed by atoms with E-state index in [9.17, 15) is 14.9 Å². The van der Waals surface area contributed by atoms with Crippen LogP contribution in [0.1, 0.15) is 40.2 Å². The molecule has 146 valence electrons. The molecule has 6 nitrogen and oxygen atoms in total. The van der Waals surface area contributed by atoms with Crippen molar-refractivity contribution in [3.63, 3.8) is 0 Å². The lowest BCUT2D eigenvalue weighted by Gasteiger charge is -2.09. The van der Waals surface area contributed by atoms with Gasteiger partial charge in [0.05, 0.1) is 18.8 Å². The Kier molecular flexibility index (Phi) is 6.96. The quantitative estimate of drug-likeness (QED) is 0.440. The molecule has 0 spiro atoms. The summed E-state index contributed by atoms with van der Waals surface area (Å²) in [7, 11) is 1.29. The molecule has 0 saturated carbocycles. The molecule has 0 saturated heterocycles. The van der Waals surface area contributed by atoms with E-state index in [1.165, 1.54) is 24.5 Å². The number of carbonyl (C=O) groups excluding carboxylic acids is 2. The zero-order valence-electron chi connectivity index (χ0n) is 16.5. The number of nitrogens with zero attached hydrogens (tertiary/aromatic N) is 1. The highest BCUT2D eigenvalue weighted by molar-refractivity contribution is 7.16. The van der Waals surface area contributed by atoms with Gasteiger partial charge in [-0.2, -0.15) is 5.26 Å². The second-order valence-corrected chi connectivity index (χ2v) is 7.56. The minimum Gasteiger partial charge on any atom is -0.491 e. The van der Waals surface area contributed by atoms with E-state index in [-0.39, 0.29) is 11.7 Å². The van der Waals surface area contributed by atoms with Gasteiger partial charge in [0.25, 0.3) is 5.91 Å². The molecule has 7 heteroatoms. The highest BCUT2D eigenvalue weighted by atomic mass is 32.1. The number of esters is 1. The van der Waals surface area contributed by atoms with Gasteiger partial charge in [-0.3, -0.25) is 4.79 Å². The van der Waals surface area contributed by atoms with Gasteiger partial charge < -0.3 is 14.8 Å². The van der Waals surface area contributed by atoms with E-state index < -0.39 is 11.9 Å². The van der Waals surface area contributed by atoms with Crippen LogP contribution in [0.25, 0.3) is 6.08 Å². The average Bonchev–Trinajstić information content (AvgIpc) is 2.93. The number of nitrogens with one attached hydrogen (secondary N) is 1. The molecule has 0 aliphatic carbocycles. The van der Waals surface area contributed by atoms with E-state index in [0.29, 0.717) is 21.9 Å². The zero-order valence-corrected chi connectivity index (χ0v) is 17.3. The fraction of sp³-hybridized carbons (Fsp3) is 0.286. The molecule has 0 aliphatic heterocycles. The van der Waals surface area contributed by atoms with Crippen molar-refractivity contribution in [1.82, 2.24) is 0 Å². The van der Waals surface area contributed by atoms with Crippen LogP contribution >= 0.6 is 11.3 Å². The monoisotopic (exact) mass is 398 g/mol. The fourth-order valence-corrected chi connectivity index (χ4v) is 3.51. The number of aryl methyl sites for hydroxylation is 1. The fourth-order valence-electron chi connectivity index (χ4n) is 2.46. The molecular weight excluding hydrogens is 376 g/mol. The van der Waals surface area contributed by atoms with Crippen molar-refractivity contribution in [3.05, 3.63) is 51.4 Å². The van der Waals surface area contributed by atoms with Gasteiger partial charge >= 0.3 is 5.97 Å². The van der Waals surface area contributed by atoms with Gasteiger partial charge in [-0.1, -0.05) is 12.1 Å². The molecule has 2 rings (SSSR count).